The molecule has 2 heterocycles. The molecule has 0 amide bonds. The van der Waals surface area contributed by atoms with E-state index in [0.717, 1.165) is 20.8 Å². The lowest BCUT2D eigenvalue weighted by atomic mass is 10.1. The summed E-state index contributed by atoms with van der Waals surface area (Å²) in [5.41, 5.74) is 3.34. The standard InChI is InChI=1S/C15H14N2OS/c1-8-4-6-11(7-5-8)13-9(2)12-14(18)16-10(3)17-15(12)19-13/h4-7H,1-3H3,(H,16,17,18). The molecule has 2 aromatic heterocycles. The van der Waals surface area contributed by atoms with Crippen LogP contribution in [-0.4, -0.2) is 9.97 Å². The van der Waals surface area contributed by atoms with E-state index in [-0.39, 0.29) is 5.56 Å². The van der Waals surface area contributed by atoms with Crippen molar-refractivity contribution in [2.75, 3.05) is 0 Å². The topological polar surface area (TPSA) is 45.8 Å². The summed E-state index contributed by atoms with van der Waals surface area (Å²) in [6.07, 6.45) is 0. The largest absolute Gasteiger partial charge is 0.310 e. The van der Waals surface area contributed by atoms with Crippen LogP contribution in [-0.2, 0) is 0 Å². The van der Waals surface area contributed by atoms with Gasteiger partial charge in [-0.15, -0.1) is 11.3 Å². The van der Waals surface area contributed by atoms with E-state index in [0.29, 0.717) is 11.2 Å². The summed E-state index contributed by atoms with van der Waals surface area (Å²) >= 11 is 1.58. The molecule has 0 aliphatic carbocycles. The molecule has 0 bridgehead atoms. The van der Waals surface area contributed by atoms with E-state index in [9.17, 15) is 4.79 Å². The molecule has 3 nitrogen and oxygen atoms in total. The van der Waals surface area contributed by atoms with Crippen LogP contribution in [0.5, 0.6) is 0 Å². The number of rotatable bonds is 1. The summed E-state index contributed by atoms with van der Waals surface area (Å²) in [5, 5.41) is 0.714. The monoisotopic (exact) mass is 270 g/mol. The fraction of sp³-hybridized carbons (Fsp3) is 0.200. The van der Waals surface area contributed by atoms with Crippen molar-refractivity contribution in [1.29, 1.82) is 0 Å². The molecule has 96 valence electrons. The highest BCUT2D eigenvalue weighted by atomic mass is 32.1. The number of benzene rings is 1. The third-order valence-corrected chi connectivity index (χ3v) is 4.47. The molecule has 3 rings (SSSR count). The number of H-pyrrole nitrogens is 1. The number of aryl methyl sites for hydroxylation is 3. The Morgan fingerprint density at radius 2 is 1.79 bits per heavy atom. The number of hydrogen-bond acceptors (Lipinski definition) is 3. The van der Waals surface area contributed by atoms with Crippen LogP contribution >= 0.6 is 11.3 Å². The smallest absolute Gasteiger partial charge is 0.259 e. The zero-order valence-electron chi connectivity index (χ0n) is 11.1. The maximum absolute atomic E-state index is 12.0. The highest BCUT2D eigenvalue weighted by Gasteiger charge is 2.14. The number of aromatic nitrogens is 2. The first-order valence-corrected chi connectivity index (χ1v) is 6.95. The average Bonchev–Trinajstić information content (AvgIpc) is 2.67. The van der Waals surface area contributed by atoms with E-state index in [1.54, 1.807) is 18.3 Å². The molecule has 0 unspecified atom stereocenters. The number of hydrogen-bond donors (Lipinski definition) is 1. The second-order valence-corrected chi connectivity index (χ2v) is 5.75. The molecule has 1 aromatic carbocycles. The molecule has 19 heavy (non-hydrogen) atoms. The van der Waals surface area contributed by atoms with Gasteiger partial charge in [0.1, 0.15) is 10.7 Å². The van der Waals surface area contributed by atoms with Gasteiger partial charge in [-0.1, -0.05) is 29.8 Å². The molecule has 3 aromatic rings. The molecule has 0 spiro atoms. The van der Waals surface area contributed by atoms with Crippen molar-refractivity contribution >= 4 is 21.6 Å². The van der Waals surface area contributed by atoms with E-state index in [1.165, 1.54) is 5.56 Å². The van der Waals surface area contributed by atoms with Crippen LogP contribution in [0.1, 0.15) is 17.0 Å². The first-order chi connectivity index (χ1) is 9.06. The second-order valence-electron chi connectivity index (χ2n) is 4.75. The van der Waals surface area contributed by atoms with Crippen molar-refractivity contribution in [3.63, 3.8) is 0 Å². The normalized spacial score (nSPS) is 11.1. The van der Waals surface area contributed by atoms with Gasteiger partial charge in [0.2, 0.25) is 0 Å². The lowest BCUT2D eigenvalue weighted by molar-refractivity contribution is 1.06. The van der Waals surface area contributed by atoms with Crippen LogP contribution in [0.15, 0.2) is 29.1 Å². The van der Waals surface area contributed by atoms with E-state index < -0.39 is 0 Å². The average molecular weight is 270 g/mol. The summed E-state index contributed by atoms with van der Waals surface area (Å²) in [6, 6.07) is 8.35. The molecular formula is C15H14N2OS. The van der Waals surface area contributed by atoms with Crippen LogP contribution in [0.3, 0.4) is 0 Å². The molecular weight excluding hydrogens is 256 g/mol. The van der Waals surface area contributed by atoms with Crippen molar-refractivity contribution in [2.45, 2.75) is 20.8 Å². The van der Waals surface area contributed by atoms with E-state index in [4.69, 9.17) is 0 Å². The Morgan fingerprint density at radius 3 is 2.47 bits per heavy atom. The minimum Gasteiger partial charge on any atom is -0.310 e. The molecule has 0 radical (unpaired) electrons. The Kier molecular flexibility index (Phi) is 2.75. The van der Waals surface area contributed by atoms with Crippen molar-refractivity contribution < 1.29 is 0 Å². The predicted molar refractivity (Wildman–Crippen MR) is 79.9 cm³/mol. The van der Waals surface area contributed by atoms with Crippen LogP contribution in [0.25, 0.3) is 20.7 Å². The van der Waals surface area contributed by atoms with Gasteiger partial charge in [0.25, 0.3) is 5.56 Å². The van der Waals surface area contributed by atoms with Crippen LogP contribution in [0.2, 0.25) is 0 Å². The molecule has 0 saturated heterocycles. The van der Waals surface area contributed by atoms with Gasteiger partial charge >= 0.3 is 0 Å². The Balaban J connectivity index is 2.31. The summed E-state index contributed by atoms with van der Waals surface area (Å²) < 4.78 is 0. The van der Waals surface area contributed by atoms with Gasteiger partial charge in [0, 0.05) is 4.88 Å². The van der Waals surface area contributed by atoms with Gasteiger partial charge in [-0.3, -0.25) is 4.79 Å². The first-order valence-electron chi connectivity index (χ1n) is 6.13. The van der Waals surface area contributed by atoms with E-state index >= 15 is 0 Å². The second kappa shape index (κ2) is 4.31. The third-order valence-electron chi connectivity index (χ3n) is 3.23. The highest BCUT2D eigenvalue weighted by molar-refractivity contribution is 7.22. The third kappa shape index (κ3) is 1.98. The maximum atomic E-state index is 12.0. The van der Waals surface area contributed by atoms with Crippen molar-refractivity contribution in [3.8, 4) is 10.4 Å². The van der Waals surface area contributed by atoms with Crippen molar-refractivity contribution in [3.05, 3.63) is 51.6 Å². The first kappa shape index (κ1) is 12.1. The van der Waals surface area contributed by atoms with Gasteiger partial charge in [-0.2, -0.15) is 0 Å². The van der Waals surface area contributed by atoms with Gasteiger partial charge in [0.15, 0.2) is 0 Å². The van der Waals surface area contributed by atoms with Crippen LogP contribution in [0.4, 0.5) is 0 Å². The molecule has 1 N–H and O–H groups in total. The quantitative estimate of drug-likeness (QED) is 0.734. The van der Waals surface area contributed by atoms with Gasteiger partial charge in [-0.25, -0.2) is 4.98 Å². The number of fused-ring (bicyclic) bond motifs is 1. The molecule has 0 saturated carbocycles. The number of nitrogens with zero attached hydrogens (tertiary/aromatic N) is 1. The molecule has 0 fully saturated rings. The zero-order valence-corrected chi connectivity index (χ0v) is 11.9. The Bertz CT molecular complexity index is 813. The lowest BCUT2D eigenvalue weighted by Gasteiger charge is -2.00. The molecule has 0 aliphatic rings. The van der Waals surface area contributed by atoms with Crippen LogP contribution in [0, 0.1) is 20.8 Å². The molecule has 0 atom stereocenters. The molecule has 0 aliphatic heterocycles. The van der Waals surface area contributed by atoms with E-state index in [2.05, 4.69) is 41.2 Å². The summed E-state index contributed by atoms with van der Waals surface area (Å²) in [5.74, 6) is 0.661. The van der Waals surface area contributed by atoms with Crippen molar-refractivity contribution in [2.24, 2.45) is 0 Å². The zero-order chi connectivity index (χ0) is 13.6. The summed E-state index contributed by atoms with van der Waals surface area (Å²) in [6.45, 7) is 5.86. The van der Waals surface area contributed by atoms with Gasteiger partial charge in [0.05, 0.1) is 5.39 Å². The minimum absolute atomic E-state index is 0.0467. The van der Waals surface area contributed by atoms with Gasteiger partial charge < -0.3 is 4.98 Å². The number of aromatic amines is 1. The fourth-order valence-corrected chi connectivity index (χ4v) is 3.46. The minimum atomic E-state index is -0.0467. The number of nitrogens with one attached hydrogen (secondary N) is 1. The lowest BCUT2D eigenvalue weighted by Crippen LogP contribution is -2.08. The maximum Gasteiger partial charge on any atom is 0.259 e. The number of thiophene rings is 1. The molecule has 4 heteroatoms. The van der Waals surface area contributed by atoms with E-state index in [1.807, 2.05) is 6.92 Å². The summed E-state index contributed by atoms with van der Waals surface area (Å²) in [4.78, 5) is 21.2. The fourth-order valence-electron chi connectivity index (χ4n) is 2.23. The van der Waals surface area contributed by atoms with Crippen LogP contribution < -0.4 is 5.56 Å². The van der Waals surface area contributed by atoms with Gasteiger partial charge in [-0.05, 0) is 31.9 Å². The van der Waals surface area contributed by atoms with Crippen molar-refractivity contribution in [1.82, 2.24) is 9.97 Å². The Hall–Kier alpha value is -1.94. The Morgan fingerprint density at radius 1 is 1.11 bits per heavy atom. The highest BCUT2D eigenvalue weighted by Crippen LogP contribution is 2.35. The SMILES string of the molecule is Cc1ccc(-c2sc3nc(C)[nH]c(=O)c3c2C)cc1. The predicted octanol–water partition coefficient (Wildman–Crippen LogP) is 3.58. The summed E-state index contributed by atoms with van der Waals surface area (Å²) in [7, 11) is 0. The Labute approximate surface area is 115 Å².